The highest BCUT2D eigenvalue weighted by atomic mass is 16.5. The van der Waals surface area contributed by atoms with Gasteiger partial charge in [-0.15, -0.1) is 0 Å². The molecule has 2 aliphatic rings. The molecule has 1 amide bonds. The minimum atomic E-state index is 0.182. The molecular weight excluding hydrogens is 282 g/mol. The Morgan fingerprint density at radius 2 is 2.05 bits per heavy atom. The van der Waals surface area contributed by atoms with Crippen LogP contribution in [-0.2, 0) is 4.79 Å². The maximum absolute atomic E-state index is 12.3. The third-order valence-corrected chi connectivity index (χ3v) is 4.66. The topological polar surface area (TPSA) is 65.7 Å². The number of likely N-dealkylation sites (tertiary alicyclic amines) is 1. The molecule has 0 bridgehead atoms. The molecule has 3 heterocycles. The van der Waals surface area contributed by atoms with E-state index in [0.29, 0.717) is 18.1 Å². The molecule has 7 heteroatoms. The number of hydrogen-bond donors (Lipinski definition) is 0. The van der Waals surface area contributed by atoms with Gasteiger partial charge in [0, 0.05) is 39.1 Å². The number of amides is 1. The fourth-order valence-corrected chi connectivity index (χ4v) is 3.28. The van der Waals surface area contributed by atoms with E-state index in [-0.39, 0.29) is 11.9 Å². The molecule has 7 nitrogen and oxygen atoms in total. The normalized spacial score (nSPS) is 24.1. The van der Waals surface area contributed by atoms with Gasteiger partial charge in [-0.1, -0.05) is 5.16 Å². The molecule has 1 aromatic heterocycles. The number of piperazine rings is 1. The van der Waals surface area contributed by atoms with Crippen LogP contribution in [0.4, 0.5) is 0 Å². The quantitative estimate of drug-likeness (QED) is 0.815. The average Bonchev–Trinajstić information content (AvgIpc) is 3.14. The van der Waals surface area contributed by atoms with Gasteiger partial charge in [0.25, 0.3) is 0 Å². The Morgan fingerprint density at radius 3 is 2.73 bits per heavy atom. The van der Waals surface area contributed by atoms with Gasteiger partial charge in [0.2, 0.25) is 11.8 Å². The van der Waals surface area contributed by atoms with Crippen molar-refractivity contribution in [2.75, 3.05) is 46.3 Å². The zero-order chi connectivity index (χ0) is 15.5. The van der Waals surface area contributed by atoms with Crippen molar-refractivity contribution in [2.45, 2.75) is 32.2 Å². The molecule has 0 spiro atoms. The van der Waals surface area contributed by atoms with Crippen molar-refractivity contribution >= 4 is 5.91 Å². The molecule has 122 valence electrons. The zero-order valence-corrected chi connectivity index (χ0v) is 13.5. The second kappa shape index (κ2) is 6.75. The molecule has 0 aliphatic carbocycles. The van der Waals surface area contributed by atoms with Crippen LogP contribution in [0.3, 0.4) is 0 Å². The van der Waals surface area contributed by atoms with Crippen molar-refractivity contribution in [3.63, 3.8) is 0 Å². The molecule has 0 saturated carbocycles. The maximum atomic E-state index is 12.3. The third-order valence-electron chi connectivity index (χ3n) is 4.66. The van der Waals surface area contributed by atoms with E-state index < -0.39 is 0 Å². The van der Waals surface area contributed by atoms with Crippen LogP contribution >= 0.6 is 0 Å². The molecule has 0 radical (unpaired) electrons. The van der Waals surface area contributed by atoms with E-state index in [2.05, 4.69) is 27.0 Å². The lowest BCUT2D eigenvalue weighted by molar-refractivity contribution is -0.133. The van der Waals surface area contributed by atoms with Crippen molar-refractivity contribution in [1.29, 1.82) is 0 Å². The van der Waals surface area contributed by atoms with E-state index in [9.17, 15) is 4.79 Å². The number of rotatable bonds is 4. The van der Waals surface area contributed by atoms with Gasteiger partial charge in [0.1, 0.15) is 0 Å². The Labute approximate surface area is 131 Å². The predicted molar refractivity (Wildman–Crippen MR) is 81.3 cm³/mol. The maximum Gasteiger partial charge on any atom is 0.243 e. The number of aryl methyl sites for hydroxylation is 1. The molecule has 1 aromatic rings. The van der Waals surface area contributed by atoms with Gasteiger partial charge < -0.3 is 14.3 Å². The van der Waals surface area contributed by atoms with E-state index in [4.69, 9.17) is 4.52 Å². The summed E-state index contributed by atoms with van der Waals surface area (Å²) in [6.45, 7) is 7.25. The summed E-state index contributed by atoms with van der Waals surface area (Å²) in [4.78, 5) is 23.2. The molecule has 3 rings (SSSR count). The summed E-state index contributed by atoms with van der Waals surface area (Å²) in [5.41, 5.74) is 0. The van der Waals surface area contributed by atoms with Gasteiger partial charge in [-0.05, 0) is 33.4 Å². The molecule has 22 heavy (non-hydrogen) atoms. The van der Waals surface area contributed by atoms with E-state index in [1.165, 1.54) is 0 Å². The first-order valence-electron chi connectivity index (χ1n) is 8.14. The lowest BCUT2D eigenvalue weighted by Crippen LogP contribution is -2.47. The summed E-state index contributed by atoms with van der Waals surface area (Å²) in [6, 6.07) is 0.182. The van der Waals surface area contributed by atoms with Crippen LogP contribution in [0.2, 0.25) is 0 Å². The summed E-state index contributed by atoms with van der Waals surface area (Å²) < 4.78 is 5.31. The second-order valence-electron chi connectivity index (χ2n) is 6.31. The Hall–Kier alpha value is -1.47. The Morgan fingerprint density at radius 1 is 1.27 bits per heavy atom. The zero-order valence-electron chi connectivity index (χ0n) is 13.5. The highest BCUT2D eigenvalue weighted by molar-refractivity contribution is 5.76. The second-order valence-corrected chi connectivity index (χ2v) is 6.31. The molecule has 0 N–H and O–H groups in total. The van der Waals surface area contributed by atoms with Crippen molar-refractivity contribution < 1.29 is 9.32 Å². The van der Waals surface area contributed by atoms with Crippen LogP contribution in [0.5, 0.6) is 0 Å². The Balaban J connectivity index is 1.51. The van der Waals surface area contributed by atoms with E-state index in [1.54, 1.807) is 0 Å². The lowest BCUT2D eigenvalue weighted by Gasteiger charge is -2.33. The minimum Gasteiger partial charge on any atom is -0.340 e. The first-order valence-corrected chi connectivity index (χ1v) is 8.14. The summed E-state index contributed by atoms with van der Waals surface area (Å²) >= 11 is 0. The number of hydrogen-bond acceptors (Lipinski definition) is 6. The standard InChI is InChI=1S/C15H25N5O2/c1-12-16-15(22-17-12)13-4-3-6-19(13)7-5-14(21)20-10-8-18(2)9-11-20/h13H,3-11H2,1-2H3. The van der Waals surface area contributed by atoms with Gasteiger partial charge >= 0.3 is 0 Å². The average molecular weight is 307 g/mol. The number of nitrogens with zero attached hydrogens (tertiary/aromatic N) is 5. The van der Waals surface area contributed by atoms with Gasteiger partial charge in [0.05, 0.1) is 6.04 Å². The van der Waals surface area contributed by atoms with Gasteiger partial charge in [-0.3, -0.25) is 9.69 Å². The minimum absolute atomic E-state index is 0.182. The van der Waals surface area contributed by atoms with Gasteiger partial charge in [-0.25, -0.2) is 0 Å². The molecular formula is C15H25N5O2. The Bertz CT molecular complexity index is 510. The third kappa shape index (κ3) is 3.47. The highest BCUT2D eigenvalue weighted by Crippen LogP contribution is 2.30. The summed E-state index contributed by atoms with van der Waals surface area (Å²) in [6.07, 6.45) is 2.73. The van der Waals surface area contributed by atoms with Crippen molar-refractivity contribution in [1.82, 2.24) is 24.8 Å². The summed E-state index contributed by atoms with van der Waals surface area (Å²) in [7, 11) is 2.10. The van der Waals surface area contributed by atoms with Crippen LogP contribution in [-0.4, -0.2) is 77.1 Å². The van der Waals surface area contributed by atoms with Crippen LogP contribution in [0.25, 0.3) is 0 Å². The first-order chi connectivity index (χ1) is 10.6. The molecule has 1 atom stereocenters. The molecule has 1 unspecified atom stereocenters. The Kier molecular flexibility index (Phi) is 4.73. The van der Waals surface area contributed by atoms with Crippen LogP contribution < -0.4 is 0 Å². The highest BCUT2D eigenvalue weighted by Gasteiger charge is 2.31. The van der Waals surface area contributed by atoms with Crippen LogP contribution in [0, 0.1) is 6.92 Å². The molecule has 2 fully saturated rings. The van der Waals surface area contributed by atoms with E-state index in [0.717, 1.165) is 52.1 Å². The van der Waals surface area contributed by atoms with Crippen LogP contribution in [0.1, 0.15) is 37.0 Å². The SMILES string of the molecule is Cc1noc(C2CCCN2CCC(=O)N2CCN(C)CC2)n1. The smallest absolute Gasteiger partial charge is 0.243 e. The monoisotopic (exact) mass is 307 g/mol. The van der Waals surface area contributed by atoms with Crippen LogP contribution in [0.15, 0.2) is 4.52 Å². The van der Waals surface area contributed by atoms with Gasteiger partial charge in [0.15, 0.2) is 5.82 Å². The number of likely N-dealkylation sites (N-methyl/N-ethyl adjacent to an activating group) is 1. The van der Waals surface area contributed by atoms with E-state index >= 15 is 0 Å². The fourth-order valence-electron chi connectivity index (χ4n) is 3.28. The number of carbonyl (C=O) groups excluding carboxylic acids is 1. The number of aromatic nitrogens is 2. The predicted octanol–water partition coefficient (Wildman–Crippen LogP) is 0.679. The largest absolute Gasteiger partial charge is 0.340 e. The fraction of sp³-hybridized carbons (Fsp3) is 0.800. The summed E-state index contributed by atoms with van der Waals surface area (Å²) in [5, 5.41) is 3.88. The molecule has 0 aromatic carbocycles. The van der Waals surface area contributed by atoms with Gasteiger partial charge in [-0.2, -0.15) is 4.98 Å². The molecule has 2 saturated heterocycles. The van der Waals surface area contributed by atoms with Crippen molar-refractivity contribution in [3.8, 4) is 0 Å². The summed E-state index contributed by atoms with van der Waals surface area (Å²) in [5.74, 6) is 1.64. The number of carbonyl (C=O) groups is 1. The van der Waals surface area contributed by atoms with Crippen molar-refractivity contribution in [2.24, 2.45) is 0 Å². The van der Waals surface area contributed by atoms with E-state index in [1.807, 2.05) is 11.8 Å². The molecule has 2 aliphatic heterocycles. The van der Waals surface area contributed by atoms with Crippen molar-refractivity contribution in [3.05, 3.63) is 11.7 Å². The lowest BCUT2D eigenvalue weighted by atomic mass is 10.2. The first kappa shape index (κ1) is 15.4.